The van der Waals surface area contributed by atoms with E-state index in [4.69, 9.17) is 9.47 Å². The number of carbonyl (C=O) groups is 1. The standard InChI is InChI=1S/C29H23F8NO3/c1-14(2)21-11-23(25(40-4)12-24(21)31)22-10-20(30)6-5-16(22)13-38-15(3)26(41-27(38)39)17-7-18(28(32,33)34)9-19(8-17)29(35,36)37/h5-12,14,26H,3,13H2,1-2,4H3/t26-/m0/s1. The van der Waals surface area contributed by atoms with Crippen LogP contribution >= 0.6 is 0 Å². The number of methoxy groups -OCH3 is 1. The molecule has 0 saturated carbocycles. The van der Waals surface area contributed by atoms with E-state index in [9.17, 15) is 39.9 Å². The fourth-order valence-corrected chi connectivity index (χ4v) is 4.55. The minimum atomic E-state index is -5.11. The number of benzene rings is 3. The fraction of sp³-hybridized carbons (Fsp3) is 0.276. The Kier molecular flexibility index (Phi) is 7.81. The molecule has 0 N–H and O–H groups in total. The normalized spacial score (nSPS) is 16.0. The second-order valence-corrected chi connectivity index (χ2v) is 9.71. The zero-order valence-corrected chi connectivity index (χ0v) is 21.9. The van der Waals surface area contributed by atoms with Gasteiger partial charge in [-0.25, -0.2) is 13.6 Å². The van der Waals surface area contributed by atoms with Crippen molar-refractivity contribution in [2.45, 2.75) is 44.8 Å². The Bertz CT molecular complexity index is 1480. The third kappa shape index (κ3) is 6.01. The molecule has 4 rings (SSSR count). The molecule has 1 atom stereocenters. The van der Waals surface area contributed by atoms with E-state index in [1.165, 1.54) is 19.2 Å². The van der Waals surface area contributed by atoms with Gasteiger partial charge in [-0.05, 0) is 64.6 Å². The summed E-state index contributed by atoms with van der Waals surface area (Å²) in [5.41, 5.74) is -2.83. The van der Waals surface area contributed by atoms with Gasteiger partial charge in [0.15, 0.2) is 6.10 Å². The van der Waals surface area contributed by atoms with E-state index in [-0.39, 0.29) is 35.5 Å². The summed E-state index contributed by atoms with van der Waals surface area (Å²) in [4.78, 5) is 13.7. The molecule has 0 aromatic heterocycles. The highest BCUT2D eigenvalue weighted by molar-refractivity contribution is 5.77. The minimum absolute atomic E-state index is 0.0346. The van der Waals surface area contributed by atoms with Gasteiger partial charge in [0, 0.05) is 11.6 Å². The van der Waals surface area contributed by atoms with Crippen molar-refractivity contribution in [2.75, 3.05) is 7.11 Å². The number of rotatable bonds is 6. The smallest absolute Gasteiger partial charge is 0.416 e. The number of hydrogen-bond donors (Lipinski definition) is 0. The molecule has 1 fully saturated rings. The number of ether oxygens (including phenoxy) is 2. The molecule has 218 valence electrons. The highest BCUT2D eigenvalue weighted by Gasteiger charge is 2.42. The molecule has 0 unspecified atom stereocenters. The molecule has 41 heavy (non-hydrogen) atoms. The van der Waals surface area contributed by atoms with Crippen molar-refractivity contribution >= 4 is 6.09 Å². The maximum atomic E-state index is 14.6. The highest BCUT2D eigenvalue weighted by Crippen LogP contribution is 2.43. The van der Waals surface area contributed by atoms with Gasteiger partial charge >= 0.3 is 18.4 Å². The number of cyclic esters (lactones) is 1. The second kappa shape index (κ2) is 10.7. The van der Waals surface area contributed by atoms with Crippen LogP contribution in [0.15, 0.2) is 60.8 Å². The average Bonchev–Trinajstić information content (AvgIpc) is 3.16. The lowest BCUT2D eigenvalue weighted by Crippen LogP contribution is -2.22. The molecule has 1 heterocycles. The lowest BCUT2D eigenvalue weighted by molar-refractivity contribution is -0.143. The topological polar surface area (TPSA) is 38.8 Å². The third-order valence-corrected chi connectivity index (χ3v) is 6.63. The molecule has 0 aliphatic carbocycles. The fourth-order valence-electron chi connectivity index (χ4n) is 4.55. The van der Waals surface area contributed by atoms with Crippen LogP contribution in [0.25, 0.3) is 11.1 Å². The number of hydrogen-bond acceptors (Lipinski definition) is 3. The van der Waals surface area contributed by atoms with Crippen molar-refractivity contribution < 1.29 is 49.4 Å². The number of carbonyl (C=O) groups excluding carboxylic acids is 1. The maximum absolute atomic E-state index is 14.6. The first-order valence-corrected chi connectivity index (χ1v) is 12.1. The molecule has 3 aromatic carbocycles. The van der Waals surface area contributed by atoms with Crippen molar-refractivity contribution in [3.8, 4) is 16.9 Å². The molecule has 3 aromatic rings. The number of alkyl halides is 6. The molecule has 12 heteroatoms. The van der Waals surface area contributed by atoms with E-state index < -0.39 is 52.9 Å². The largest absolute Gasteiger partial charge is 0.496 e. The summed E-state index contributed by atoms with van der Waals surface area (Å²) >= 11 is 0. The predicted octanol–water partition coefficient (Wildman–Crippen LogP) is 9.01. The van der Waals surface area contributed by atoms with Crippen LogP contribution < -0.4 is 4.74 Å². The van der Waals surface area contributed by atoms with Crippen LogP contribution in [0.5, 0.6) is 5.75 Å². The van der Waals surface area contributed by atoms with Gasteiger partial charge in [-0.15, -0.1) is 0 Å². The number of halogens is 8. The van der Waals surface area contributed by atoms with Gasteiger partial charge in [-0.1, -0.05) is 26.5 Å². The van der Waals surface area contributed by atoms with Crippen LogP contribution in [0.2, 0.25) is 0 Å². The van der Waals surface area contributed by atoms with Gasteiger partial charge in [0.1, 0.15) is 17.4 Å². The van der Waals surface area contributed by atoms with Crippen molar-refractivity contribution in [3.05, 3.63) is 100 Å². The van der Waals surface area contributed by atoms with E-state index >= 15 is 0 Å². The highest BCUT2D eigenvalue weighted by atomic mass is 19.4. The van der Waals surface area contributed by atoms with Crippen molar-refractivity contribution in [2.24, 2.45) is 0 Å². The lowest BCUT2D eigenvalue weighted by Gasteiger charge is -2.21. The molecule has 1 amide bonds. The van der Waals surface area contributed by atoms with E-state index in [1.54, 1.807) is 13.8 Å². The minimum Gasteiger partial charge on any atom is -0.496 e. The van der Waals surface area contributed by atoms with Crippen LogP contribution in [0.3, 0.4) is 0 Å². The van der Waals surface area contributed by atoms with E-state index in [2.05, 4.69) is 6.58 Å². The average molecular weight is 585 g/mol. The first-order chi connectivity index (χ1) is 19.0. The Hall–Kier alpha value is -4.09. The summed E-state index contributed by atoms with van der Waals surface area (Å²) in [5.74, 6) is -1.38. The Morgan fingerprint density at radius 1 is 0.927 bits per heavy atom. The maximum Gasteiger partial charge on any atom is 0.416 e. The van der Waals surface area contributed by atoms with Gasteiger partial charge in [0.05, 0.1) is 30.5 Å². The molecular formula is C29H23F8NO3. The summed E-state index contributed by atoms with van der Waals surface area (Å²) in [5, 5.41) is 0. The summed E-state index contributed by atoms with van der Waals surface area (Å²) in [6.45, 7) is 6.86. The van der Waals surface area contributed by atoms with Gasteiger partial charge < -0.3 is 9.47 Å². The Balaban J connectivity index is 1.75. The van der Waals surface area contributed by atoms with Gasteiger partial charge in [0.2, 0.25) is 0 Å². The molecule has 0 bridgehead atoms. The molecule has 0 spiro atoms. The van der Waals surface area contributed by atoms with Crippen molar-refractivity contribution in [3.63, 3.8) is 0 Å². The van der Waals surface area contributed by atoms with E-state index in [0.29, 0.717) is 28.8 Å². The number of amides is 1. The van der Waals surface area contributed by atoms with Crippen LogP contribution in [0.1, 0.15) is 53.7 Å². The second-order valence-electron chi connectivity index (χ2n) is 9.71. The first kappa shape index (κ1) is 29.9. The first-order valence-electron chi connectivity index (χ1n) is 12.1. The molecular weight excluding hydrogens is 562 g/mol. The molecule has 1 saturated heterocycles. The van der Waals surface area contributed by atoms with Crippen molar-refractivity contribution in [1.29, 1.82) is 0 Å². The van der Waals surface area contributed by atoms with E-state index in [1.807, 2.05) is 0 Å². The summed E-state index contributed by atoms with van der Waals surface area (Å²) in [7, 11) is 1.29. The van der Waals surface area contributed by atoms with Gasteiger partial charge in [-0.3, -0.25) is 4.90 Å². The van der Waals surface area contributed by atoms with Gasteiger partial charge in [0.25, 0.3) is 0 Å². The quantitative estimate of drug-likeness (QED) is 0.271. The van der Waals surface area contributed by atoms with E-state index in [0.717, 1.165) is 23.1 Å². The Labute approximate surface area is 229 Å². The van der Waals surface area contributed by atoms with Gasteiger partial charge in [-0.2, -0.15) is 26.3 Å². The SMILES string of the molecule is C=C1[C@@H](c2cc(C(F)(F)F)cc(C(F)(F)F)c2)OC(=O)N1Cc1ccc(F)cc1-c1cc(C(C)C)c(F)cc1OC. The Morgan fingerprint density at radius 3 is 2.07 bits per heavy atom. The molecule has 1 aliphatic heterocycles. The summed E-state index contributed by atoms with van der Waals surface area (Å²) in [6, 6.07) is 7.09. The zero-order chi connectivity index (χ0) is 30.4. The third-order valence-electron chi connectivity index (χ3n) is 6.63. The van der Waals surface area contributed by atoms with Crippen LogP contribution in [0.4, 0.5) is 39.9 Å². The summed E-state index contributed by atoms with van der Waals surface area (Å²) in [6.07, 6.45) is -12.9. The molecule has 1 aliphatic rings. The summed E-state index contributed by atoms with van der Waals surface area (Å²) < 4.78 is 120. The molecule has 4 nitrogen and oxygen atoms in total. The Morgan fingerprint density at radius 2 is 1.54 bits per heavy atom. The predicted molar refractivity (Wildman–Crippen MR) is 133 cm³/mol. The van der Waals surface area contributed by atoms with Crippen LogP contribution in [0, 0.1) is 11.6 Å². The van der Waals surface area contributed by atoms with Crippen LogP contribution in [-0.4, -0.2) is 18.1 Å². The lowest BCUT2D eigenvalue weighted by atomic mass is 9.93. The molecule has 0 radical (unpaired) electrons. The number of nitrogens with zero attached hydrogens (tertiary/aromatic N) is 1. The monoisotopic (exact) mass is 585 g/mol. The van der Waals surface area contributed by atoms with Crippen molar-refractivity contribution in [1.82, 2.24) is 4.90 Å². The van der Waals surface area contributed by atoms with Crippen LogP contribution in [-0.2, 0) is 23.6 Å². The zero-order valence-electron chi connectivity index (χ0n) is 21.9.